The van der Waals surface area contributed by atoms with E-state index in [-0.39, 0.29) is 5.82 Å². The van der Waals surface area contributed by atoms with Crippen LogP contribution >= 0.6 is 0 Å². The van der Waals surface area contributed by atoms with Crippen LogP contribution in [0.1, 0.15) is 30.9 Å². The molecular formula is C15H20FN3. The van der Waals surface area contributed by atoms with Crippen LogP contribution in [0.5, 0.6) is 0 Å². The Morgan fingerprint density at radius 3 is 2.89 bits per heavy atom. The lowest BCUT2D eigenvalue weighted by Gasteiger charge is -2.24. The van der Waals surface area contributed by atoms with E-state index < -0.39 is 0 Å². The molecule has 4 heteroatoms. The van der Waals surface area contributed by atoms with E-state index in [9.17, 15) is 4.39 Å². The zero-order chi connectivity index (χ0) is 13.8. The molecule has 102 valence electrons. The van der Waals surface area contributed by atoms with Gasteiger partial charge in [-0.2, -0.15) is 5.26 Å². The second-order valence-corrected chi connectivity index (χ2v) is 5.29. The SMILES string of the molecule is CC(CNCc1cc(F)ccc1C#N)N(C)C1CC1. The second-order valence-electron chi connectivity index (χ2n) is 5.29. The molecule has 0 heterocycles. The van der Waals surface area contributed by atoms with Gasteiger partial charge in [-0.3, -0.25) is 4.90 Å². The van der Waals surface area contributed by atoms with Crippen molar-refractivity contribution in [3.8, 4) is 6.07 Å². The van der Waals surface area contributed by atoms with Crippen LogP contribution in [0.2, 0.25) is 0 Å². The summed E-state index contributed by atoms with van der Waals surface area (Å²) in [5, 5.41) is 12.3. The quantitative estimate of drug-likeness (QED) is 0.854. The van der Waals surface area contributed by atoms with Gasteiger partial charge in [0.15, 0.2) is 0 Å². The summed E-state index contributed by atoms with van der Waals surface area (Å²) in [6, 6.07) is 7.57. The molecule has 0 spiro atoms. The van der Waals surface area contributed by atoms with Crippen molar-refractivity contribution in [1.29, 1.82) is 5.26 Å². The lowest BCUT2D eigenvalue weighted by atomic mass is 10.1. The highest BCUT2D eigenvalue weighted by Crippen LogP contribution is 2.26. The second kappa shape index (κ2) is 6.14. The lowest BCUT2D eigenvalue weighted by molar-refractivity contribution is 0.241. The van der Waals surface area contributed by atoms with Gasteiger partial charge in [0.25, 0.3) is 0 Å². The van der Waals surface area contributed by atoms with Gasteiger partial charge < -0.3 is 5.32 Å². The fourth-order valence-corrected chi connectivity index (χ4v) is 2.22. The molecule has 0 saturated heterocycles. The third-order valence-electron chi connectivity index (χ3n) is 3.76. The van der Waals surface area contributed by atoms with E-state index in [1.54, 1.807) is 0 Å². The summed E-state index contributed by atoms with van der Waals surface area (Å²) in [6.07, 6.45) is 2.59. The van der Waals surface area contributed by atoms with Gasteiger partial charge in [-0.25, -0.2) is 4.39 Å². The Balaban J connectivity index is 1.85. The number of hydrogen-bond donors (Lipinski definition) is 1. The minimum absolute atomic E-state index is 0.293. The van der Waals surface area contributed by atoms with Crippen molar-refractivity contribution in [3.63, 3.8) is 0 Å². The molecule has 0 amide bonds. The zero-order valence-corrected chi connectivity index (χ0v) is 11.5. The van der Waals surface area contributed by atoms with Crippen LogP contribution in [0.4, 0.5) is 4.39 Å². The normalized spacial score (nSPS) is 16.4. The zero-order valence-electron chi connectivity index (χ0n) is 11.5. The van der Waals surface area contributed by atoms with E-state index in [1.807, 2.05) is 0 Å². The lowest BCUT2D eigenvalue weighted by Crippen LogP contribution is -2.39. The topological polar surface area (TPSA) is 39.1 Å². The summed E-state index contributed by atoms with van der Waals surface area (Å²) in [4.78, 5) is 2.38. The first-order valence-corrected chi connectivity index (χ1v) is 6.73. The maximum atomic E-state index is 13.2. The average Bonchev–Trinajstić information content (AvgIpc) is 3.22. The Kier molecular flexibility index (Phi) is 4.52. The molecule has 1 aromatic rings. The highest BCUT2D eigenvalue weighted by molar-refractivity contribution is 5.37. The van der Waals surface area contributed by atoms with Crippen molar-refractivity contribution in [2.45, 2.75) is 38.4 Å². The molecule has 0 aromatic heterocycles. The molecule has 0 bridgehead atoms. The number of nitrogens with zero attached hydrogens (tertiary/aromatic N) is 2. The smallest absolute Gasteiger partial charge is 0.123 e. The number of nitrogens with one attached hydrogen (secondary N) is 1. The van der Waals surface area contributed by atoms with Crippen LogP contribution in [0.15, 0.2) is 18.2 Å². The van der Waals surface area contributed by atoms with E-state index in [4.69, 9.17) is 5.26 Å². The summed E-state index contributed by atoms with van der Waals surface area (Å²) in [6.45, 7) is 3.56. The van der Waals surface area contributed by atoms with Gasteiger partial charge in [0.1, 0.15) is 5.82 Å². The van der Waals surface area contributed by atoms with E-state index in [2.05, 4.69) is 30.3 Å². The minimum atomic E-state index is -0.293. The number of likely N-dealkylation sites (N-methyl/N-ethyl adjacent to an activating group) is 1. The van der Waals surface area contributed by atoms with E-state index >= 15 is 0 Å². The van der Waals surface area contributed by atoms with Gasteiger partial charge in [0.05, 0.1) is 11.6 Å². The maximum Gasteiger partial charge on any atom is 0.123 e. The van der Waals surface area contributed by atoms with Gasteiger partial charge in [0.2, 0.25) is 0 Å². The van der Waals surface area contributed by atoms with E-state index in [0.29, 0.717) is 18.2 Å². The van der Waals surface area contributed by atoms with Crippen molar-refractivity contribution in [2.75, 3.05) is 13.6 Å². The van der Waals surface area contributed by atoms with Crippen molar-refractivity contribution in [1.82, 2.24) is 10.2 Å². The molecule has 1 atom stereocenters. The summed E-state index contributed by atoms with van der Waals surface area (Å²) >= 11 is 0. The van der Waals surface area contributed by atoms with Crippen LogP contribution in [-0.4, -0.2) is 30.6 Å². The Morgan fingerprint density at radius 2 is 2.26 bits per heavy atom. The molecule has 1 N–H and O–H groups in total. The monoisotopic (exact) mass is 261 g/mol. The largest absolute Gasteiger partial charge is 0.311 e. The third kappa shape index (κ3) is 3.76. The first-order valence-electron chi connectivity index (χ1n) is 6.73. The summed E-state index contributed by atoms with van der Waals surface area (Å²) in [5.74, 6) is -0.293. The highest BCUT2D eigenvalue weighted by Gasteiger charge is 2.28. The molecule has 1 aliphatic rings. The van der Waals surface area contributed by atoms with Gasteiger partial charge in [0, 0.05) is 25.2 Å². The van der Waals surface area contributed by atoms with Crippen LogP contribution in [-0.2, 0) is 6.54 Å². The molecule has 1 fully saturated rings. The van der Waals surface area contributed by atoms with Crippen molar-refractivity contribution in [2.24, 2.45) is 0 Å². The maximum absolute atomic E-state index is 13.2. The van der Waals surface area contributed by atoms with Crippen molar-refractivity contribution >= 4 is 0 Å². The fraction of sp³-hybridized carbons (Fsp3) is 0.533. The van der Waals surface area contributed by atoms with Crippen LogP contribution < -0.4 is 5.32 Å². The van der Waals surface area contributed by atoms with Gasteiger partial charge in [-0.1, -0.05) is 0 Å². The van der Waals surface area contributed by atoms with Crippen LogP contribution in [0.25, 0.3) is 0 Å². The average molecular weight is 261 g/mol. The van der Waals surface area contributed by atoms with Gasteiger partial charge in [-0.15, -0.1) is 0 Å². The number of nitriles is 1. The number of hydrogen-bond acceptors (Lipinski definition) is 3. The van der Waals surface area contributed by atoms with E-state index in [1.165, 1.54) is 31.0 Å². The third-order valence-corrected chi connectivity index (χ3v) is 3.76. The number of benzene rings is 1. The molecule has 1 saturated carbocycles. The van der Waals surface area contributed by atoms with Gasteiger partial charge in [-0.05, 0) is 50.6 Å². The first-order chi connectivity index (χ1) is 9.11. The van der Waals surface area contributed by atoms with Crippen LogP contribution in [0, 0.1) is 17.1 Å². The Labute approximate surface area is 114 Å². The molecule has 2 rings (SSSR count). The Morgan fingerprint density at radius 1 is 1.53 bits per heavy atom. The summed E-state index contributed by atoms with van der Waals surface area (Å²) < 4.78 is 13.2. The van der Waals surface area contributed by atoms with Gasteiger partial charge >= 0.3 is 0 Å². The Bertz CT molecular complexity index is 477. The molecule has 1 aromatic carbocycles. The molecule has 3 nitrogen and oxygen atoms in total. The predicted molar refractivity (Wildman–Crippen MR) is 73.1 cm³/mol. The molecular weight excluding hydrogens is 241 g/mol. The molecule has 1 aliphatic carbocycles. The standard InChI is InChI=1S/C15H20FN3/c1-11(19(2)15-5-6-15)9-18-10-13-7-14(16)4-3-12(13)8-17/h3-4,7,11,15,18H,5-6,9-10H2,1-2H3. The first kappa shape index (κ1) is 14.0. The summed E-state index contributed by atoms with van der Waals surface area (Å²) in [5.41, 5.74) is 1.26. The fourth-order valence-electron chi connectivity index (χ4n) is 2.22. The Hall–Kier alpha value is -1.44. The summed E-state index contributed by atoms with van der Waals surface area (Å²) in [7, 11) is 2.15. The predicted octanol–water partition coefficient (Wildman–Crippen LogP) is 2.27. The molecule has 19 heavy (non-hydrogen) atoms. The molecule has 1 unspecified atom stereocenters. The van der Waals surface area contributed by atoms with Crippen LogP contribution in [0.3, 0.4) is 0 Å². The number of rotatable bonds is 6. The van der Waals surface area contributed by atoms with E-state index in [0.717, 1.165) is 18.2 Å². The van der Waals surface area contributed by atoms with Crippen molar-refractivity contribution in [3.05, 3.63) is 35.1 Å². The van der Waals surface area contributed by atoms with Crippen molar-refractivity contribution < 1.29 is 4.39 Å². The molecule has 0 aliphatic heterocycles. The number of halogens is 1. The highest BCUT2D eigenvalue weighted by atomic mass is 19.1. The minimum Gasteiger partial charge on any atom is -0.311 e. The molecule has 0 radical (unpaired) electrons.